The minimum Gasteiger partial charge on any atom is -0.381 e. The van der Waals surface area contributed by atoms with Crippen molar-refractivity contribution in [3.63, 3.8) is 0 Å². The van der Waals surface area contributed by atoms with E-state index in [1.54, 1.807) is 0 Å². The van der Waals surface area contributed by atoms with Crippen molar-refractivity contribution in [3.8, 4) is 0 Å². The molecule has 0 aromatic heterocycles. The Kier molecular flexibility index (Phi) is 5.26. The topological polar surface area (TPSA) is 24.5 Å². The van der Waals surface area contributed by atoms with E-state index in [0.717, 1.165) is 37.6 Å². The predicted molar refractivity (Wildman–Crippen MR) is 71.2 cm³/mol. The third kappa shape index (κ3) is 3.67. The monoisotopic (exact) mass is 240 g/mol. The largest absolute Gasteiger partial charge is 0.381 e. The minimum atomic E-state index is 0.720. The minimum absolute atomic E-state index is 0.720. The van der Waals surface area contributed by atoms with Crippen LogP contribution in [-0.4, -0.2) is 50.3 Å². The van der Waals surface area contributed by atoms with E-state index in [1.807, 2.05) is 0 Å². The van der Waals surface area contributed by atoms with Gasteiger partial charge in [0.25, 0.3) is 0 Å². The Balaban J connectivity index is 1.70. The quantitative estimate of drug-likeness (QED) is 0.792. The lowest BCUT2D eigenvalue weighted by Crippen LogP contribution is -2.45. The highest BCUT2D eigenvalue weighted by Crippen LogP contribution is 2.25. The summed E-state index contributed by atoms with van der Waals surface area (Å²) >= 11 is 0. The van der Waals surface area contributed by atoms with Gasteiger partial charge in [-0.3, -0.25) is 0 Å². The van der Waals surface area contributed by atoms with Gasteiger partial charge in [-0.15, -0.1) is 0 Å². The molecular formula is C14H28N2O. The molecule has 2 aliphatic rings. The van der Waals surface area contributed by atoms with Crippen LogP contribution in [0.5, 0.6) is 0 Å². The van der Waals surface area contributed by atoms with Gasteiger partial charge >= 0.3 is 0 Å². The van der Waals surface area contributed by atoms with Gasteiger partial charge in [-0.1, -0.05) is 6.92 Å². The van der Waals surface area contributed by atoms with E-state index in [9.17, 15) is 0 Å². The summed E-state index contributed by atoms with van der Waals surface area (Å²) in [5.41, 5.74) is 0. The molecule has 2 heterocycles. The van der Waals surface area contributed by atoms with E-state index in [0.29, 0.717) is 0 Å². The summed E-state index contributed by atoms with van der Waals surface area (Å²) in [5.74, 6) is 1.68. The Morgan fingerprint density at radius 3 is 2.65 bits per heavy atom. The number of likely N-dealkylation sites (tertiary alicyclic amines) is 1. The van der Waals surface area contributed by atoms with Crippen molar-refractivity contribution in [1.82, 2.24) is 10.2 Å². The van der Waals surface area contributed by atoms with Crippen LogP contribution in [0.15, 0.2) is 0 Å². The molecule has 100 valence electrons. The summed E-state index contributed by atoms with van der Waals surface area (Å²) < 4.78 is 5.51. The summed E-state index contributed by atoms with van der Waals surface area (Å²) in [4.78, 5) is 2.68. The molecule has 2 fully saturated rings. The fraction of sp³-hybridized carbons (Fsp3) is 1.00. The smallest absolute Gasteiger partial charge is 0.0509 e. The summed E-state index contributed by atoms with van der Waals surface area (Å²) in [6, 6.07) is 0.720. The number of nitrogens with one attached hydrogen (secondary N) is 1. The zero-order valence-electron chi connectivity index (χ0n) is 11.5. The lowest BCUT2D eigenvalue weighted by molar-refractivity contribution is 0.0936. The second kappa shape index (κ2) is 6.72. The standard InChI is InChI=1S/C14H28N2O/c1-3-15-10-13-4-7-16(8-5-13)12(2)14-6-9-17-11-14/h12-15H,3-11H2,1-2H3. The number of hydrogen-bond acceptors (Lipinski definition) is 3. The Hall–Kier alpha value is -0.120. The van der Waals surface area contributed by atoms with Gasteiger partial charge in [0, 0.05) is 12.6 Å². The zero-order valence-corrected chi connectivity index (χ0v) is 11.5. The van der Waals surface area contributed by atoms with Gasteiger partial charge in [-0.25, -0.2) is 0 Å². The molecule has 2 unspecified atom stereocenters. The Labute approximate surface area is 106 Å². The lowest BCUT2D eigenvalue weighted by Gasteiger charge is -2.38. The van der Waals surface area contributed by atoms with Crippen molar-refractivity contribution < 1.29 is 4.74 Å². The molecule has 0 bridgehead atoms. The molecule has 0 aromatic carbocycles. The van der Waals surface area contributed by atoms with Gasteiger partial charge in [-0.2, -0.15) is 0 Å². The van der Waals surface area contributed by atoms with E-state index in [2.05, 4.69) is 24.1 Å². The first-order valence-corrected chi connectivity index (χ1v) is 7.33. The van der Waals surface area contributed by atoms with Crippen LogP contribution in [0.1, 0.15) is 33.1 Å². The first kappa shape index (κ1) is 13.3. The van der Waals surface area contributed by atoms with Crippen LogP contribution in [-0.2, 0) is 4.74 Å². The molecule has 2 saturated heterocycles. The van der Waals surface area contributed by atoms with Gasteiger partial charge in [-0.05, 0) is 64.2 Å². The van der Waals surface area contributed by atoms with E-state index >= 15 is 0 Å². The number of hydrogen-bond donors (Lipinski definition) is 1. The normalized spacial score (nSPS) is 29.6. The van der Waals surface area contributed by atoms with E-state index < -0.39 is 0 Å². The van der Waals surface area contributed by atoms with Crippen LogP contribution in [0.25, 0.3) is 0 Å². The Morgan fingerprint density at radius 1 is 1.29 bits per heavy atom. The molecule has 0 spiro atoms. The highest BCUT2D eigenvalue weighted by atomic mass is 16.5. The van der Waals surface area contributed by atoms with Crippen LogP contribution >= 0.6 is 0 Å². The molecule has 1 N–H and O–H groups in total. The molecular weight excluding hydrogens is 212 g/mol. The summed E-state index contributed by atoms with van der Waals surface area (Å²) in [6.45, 7) is 11.4. The van der Waals surface area contributed by atoms with Crippen LogP contribution in [0.4, 0.5) is 0 Å². The first-order valence-electron chi connectivity index (χ1n) is 7.33. The maximum absolute atomic E-state index is 5.51. The van der Waals surface area contributed by atoms with Gasteiger partial charge in [0.05, 0.1) is 6.61 Å². The lowest BCUT2D eigenvalue weighted by atomic mass is 9.92. The van der Waals surface area contributed by atoms with E-state index in [-0.39, 0.29) is 0 Å². The molecule has 3 heteroatoms. The van der Waals surface area contributed by atoms with E-state index in [4.69, 9.17) is 4.74 Å². The number of piperidine rings is 1. The van der Waals surface area contributed by atoms with Crippen molar-refractivity contribution in [2.75, 3.05) is 39.4 Å². The van der Waals surface area contributed by atoms with Crippen molar-refractivity contribution in [3.05, 3.63) is 0 Å². The molecule has 17 heavy (non-hydrogen) atoms. The van der Waals surface area contributed by atoms with Gasteiger partial charge in [0.1, 0.15) is 0 Å². The number of ether oxygens (including phenoxy) is 1. The first-order chi connectivity index (χ1) is 8.31. The van der Waals surface area contributed by atoms with Crippen LogP contribution in [0.2, 0.25) is 0 Å². The molecule has 0 amide bonds. The number of rotatable bonds is 5. The third-order valence-corrected chi connectivity index (χ3v) is 4.56. The Morgan fingerprint density at radius 2 is 2.06 bits per heavy atom. The summed E-state index contributed by atoms with van der Waals surface area (Å²) in [6.07, 6.45) is 3.99. The van der Waals surface area contributed by atoms with Crippen LogP contribution in [0, 0.1) is 11.8 Å². The number of nitrogens with zero attached hydrogens (tertiary/aromatic N) is 1. The zero-order chi connectivity index (χ0) is 12.1. The molecule has 0 radical (unpaired) electrons. The average molecular weight is 240 g/mol. The molecule has 0 aliphatic carbocycles. The van der Waals surface area contributed by atoms with Crippen molar-refractivity contribution in [2.45, 2.75) is 39.2 Å². The molecule has 2 atom stereocenters. The maximum Gasteiger partial charge on any atom is 0.0509 e. The SMILES string of the molecule is CCNCC1CCN(C(C)C2CCOC2)CC1. The summed E-state index contributed by atoms with van der Waals surface area (Å²) in [7, 11) is 0. The maximum atomic E-state index is 5.51. The predicted octanol–water partition coefficient (Wildman–Crippen LogP) is 1.73. The van der Waals surface area contributed by atoms with Crippen molar-refractivity contribution >= 4 is 0 Å². The molecule has 0 saturated carbocycles. The highest BCUT2D eigenvalue weighted by molar-refractivity contribution is 4.82. The summed E-state index contributed by atoms with van der Waals surface area (Å²) in [5, 5.41) is 3.48. The van der Waals surface area contributed by atoms with Crippen molar-refractivity contribution in [2.24, 2.45) is 11.8 Å². The average Bonchev–Trinajstić information content (AvgIpc) is 2.90. The fourth-order valence-corrected chi connectivity index (χ4v) is 3.14. The van der Waals surface area contributed by atoms with Crippen molar-refractivity contribution in [1.29, 1.82) is 0 Å². The fourth-order valence-electron chi connectivity index (χ4n) is 3.14. The second-order valence-electron chi connectivity index (χ2n) is 5.65. The molecule has 2 aliphatic heterocycles. The highest BCUT2D eigenvalue weighted by Gasteiger charge is 2.29. The third-order valence-electron chi connectivity index (χ3n) is 4.56. The van der Waals surface area contributed by atoms with Gasteiger partial charge in [0.15, 0.2) is 0 Å². The molecule has 2 rings (SSSR count). The molecule has 0 aromatic rings. The van der Waals surface area contributed by atoms with Crippen LogP contribution < -0.4 is 5.32 Å². The van der Waals surface area contributed by atoms with Crippen LogP contribution in [0.3, 0.4) is 0 Å². The Bertz CT molecular complexity index is 208. The van der Waals surface area contributed by atoms with E-state index in [1.165, 1.54) is 38.9 Å². The van der Waals surface area contributed by atoms with Gasteiger partial charge in [0.2, 0.25) is 0 Å². The van der Waals surface area contributed by atoms with Gasteiger partial charge < -0.3 is 15.0 Å². The second-order valence-corrected chi connectivity index (χ2v) is 5.65. The molecule has 3 nitrogen and oxygen atoms in total.